The highest BCUT2D eigenvalue weighted by Crippen LogP contribution is 2.22. The van der Waals surface area contributed by atoms with E-state index in [9.17, 15) is 0 Å². The van der Waals surface area contributed by atoms with E-state index in [0.29, 0.717) is 10.7 Å². The fraction of sp³-hybridized carbons (Fsp3) is 0.333. The summed E-state index contributed by atoms with van der Waals surface area (Å²) in [5.74, 6) is 0. The van der Waals surface area contributed by atoms with Crippen LogP contribution in [0.2, 0.25) is 5.02 Å². The van der Waals surface area contributed by atoms with Crippen LogP contribution in [0.25, 0.3) is 0 Å². The number of fused-ring (bicyclic) bond motifs is 1. The molecule has 0 radical (unpaired) electrons. The average molecular weight is 197 g/mol. The summed E-state index contributed by atoms with van der Waals surface area (Å²) in [6.07, 6.45) is 4.35. The number of aryl methyl sites for hydroxylation is 1. The predicted octanol–water partition coefficient (Wildman–Crippen LogP) is 2.25. The maximum absolute atomic E-state index is 8.75. The minimum absolute atomic E-state index is 0.585. The van der Waals surface area contributed by atoms with Crippen LogP contribution in [0.1, 0.15) is 24.1 Å². The van der Waals surface area contributed by atoms with Crippen LogP contribution in [-0.2, 0) is 6.42 Å². The molecule has 1 aromatic heterocycles. The van der Waals surface area contributed by atoms with E-state index in [0.717, 1.165) is 30.5 Å². The van der Waals surface area contributed by atoms with Crippen LogP contribution >= 0.6 is 11.6 Å². The van der Waals surface area contributed by atoms with Crippen LogP contribution < -0.4 is 0 Å². The highest BCUT2D eigenvalue weighted by molar-refractivity contribution is 6.30. The lowest BCUT2D eigenvalue weighted by Gasteiger charge is -2.15. The highest BCUT2D eigenvalue weighted by Gasteiger charge is 2.17. The number of aromatic nitrogens is 1. The van der Waals surface area contributed by atoms with Gasteiger partial charge in [0, 0.05) is 17.5 Å². The molecule has 0 bridgehead atoms. The maximum Gasteiger partial charge on any atom is 0.0886 e. The average Bonchev–Trinajstić information content (AvgIpc) is 2.17. The minimum Gasteiger partial charge on any atom is -0.411 e. The third kappa shape index (κ3) is 1.52. The number of nitrogens with zero attached hydrogens (tertiary/aromatic N) is 2. The molecule has 0 fully saturated rings. The molecule has 0 spiro atoms. The van der Waals surface area contributed by atoms with Crippen molar-refractivity contribution in [2.75, 3.05) is 0 Å². The maximum atomic E-state index is 8.75. The molecule has 0 saturated carbocycles. The summed E-state index contributed by atoms with van der Waals surface area (Å²) in [5, 5.41) is 12.6. The first-order chi connectivity index (χ1) is 6.31. The van der Waals surface area contributed by atoms with Gasteiger partial charge >= 0.3 is 0 Å². The van der Waals surface area contributed by atoms with Gasteiger partial charge in [-0.1, -0.05) is 16.8 Å². The standard InChI is InChI=1S/C9H9ClN2O/c10-6-4-7-8(11-5-6)2-1-3-9(7)12-13/h4-5,13H,1-3H2/b12-9+. The molecule has 0 amide bonds. The second-order valence-corrected chi connectivity index (χ2v) is 3.48. The Hall–Kier alpha value is -1.09. The van der Waals surface area contributed by atoms with Crippen LogP contribution in [0.4, 0.5) is 0 Å². The van der Waals surface area contributed by atoms with Gasteiger partial charge in [0.1, 0.15) is 0 Å². The van der Waals surface area contributed by atoms with Crippen molar-refractivity contribution in [3.63, 3.8) is 0 Å². The smallest absolute Gasteiger partial charge is 0.0886 e. The predicted molar refractivity (Wildman–Crippen MR) is 50.5 cm³/mol. The molecular weight excluding hydrogens is 188 g/mol. The fourth-order valence-corrected chi connectivity index (χ4v) is 1.74. The monoisotopic (exact) mass is 196 g/mol. The molecule has 0 atom stereocenters. The molecule has 1 aliphatic rings. The van der Waals surface area contributed by atoms with Crippen LogP contribution in [-0.4, -0.2) is 15.9 Å². The van der Waals surface area contributed by atoms with Crippen LogP contribution in [0.15, 0.2) is 17.4 Å². The Labute approximate surface area is 81.1 Å². The van der Waals surface area contributed by atoms with Crippen molar-refractivity contribution < 1.29 is 5.21 Å². The van der Waals surface area contributed by atoms with Gasteiger partial charge in [0.2, 0.25) is 0 Å². The van der Waals surface area contributed by atoms with Gasteiger partial charge in [-0.2, -0.15) is 0 Å². The molecular formula is C9H9ClN2O. The third-order valence-corrected chi connectivity index (χ3v) is 2.40. The Bertz CT molecular complexity index is 363. The Morgan fingerprint density at radius 1 is 1.46 bits per heavy atom. The second-order valence-electron chi connectivity index (χ2n) is 3.05. The lowest BCUT2D eigenvalue weighted by atomic mass is 9.94. The Morgan fingerprint density at radius 3 is 3.08 bits per heavy atom. The lowest BCUT2D eigenvalue weighted by Crippen LogP contribution is -2.13. The van der Waals surface area contributed by atoms with Crippen molar-refractivity contribution in [1.29, 1.82) is 0 Å². The SMILES string of the molecule is O/N=C1\CCCc2ncc(Cl)cc21. The molecule has 1 heterocycles. The summed E-state index contributed by atoms with van der Waals surface area (Å²) in [4.78, 5) is 4.19. The molecule has 2 rings (SSSR count). The Morgan fingerprint density at radius 2 is 2.31 bits per heavy atom. The summed E-state index contributed by atoms with van der Waals surface area (Å²) in [6.45, 7) is 0. The van der Waals surface area contributed by atoms with Crippen molar-refractivity contribution in [2.45, 2.75) is 19.3 Å². The number of rotatable bonds is 0. The van der Waals surface area contributed by atoms with Crippen molar-refractivity contribution in [2.24, 2.45) is 5.16 Å². The second kappa shape index (κ2) is 3.34. The topological polar surface area (TPSA) is 45.5 Å². The van der Waals surface area contributed by atoms with Gasteiger partial charge < -0.3 is 5.21 Å². The van der Waals surface area contributed by atoms with E-state index >= 15 is 0 Å². The summed E-state index contributed by atoms with van der Waals surface area (Å²) in [6, 6.07) is 1.80. The first-order valence-electron chi connectivity index (χ1n) is 4.17. The van der Waals surface area contributed by atoms with E-state index in [1.807, 2.05) is 0 Å². The minimum atomic E-state index is 0.585. The van der Waals surface area contributed by atoms with Crippen LogP contribution in [0, 0.1) is 0 Å². The first-order valence-corrected chi connectivity index (χ1v) is 4.55. The van der Waals surface area contributed by atoms with E-state index in [1.54, 1.807) is 12.3 Å². The molecule has 0 aromatic carbocycles. The van der Waals surface area contributed by atoms with E-state index in [4.69, 9.17) is 16.8 Å². The first kappa shape index (κ1) is 8.51. The van der Waals surface area contributed by atoms with Crippen molar-refractivity contribution in [3.05, 3.63) is 28.5 Å². The molecule has 0 saturated heterocycles. The molecule has 0 aliphatic heterocycles. The molecule has 13 heavy (non-hydrogen) atoms. The van der Waals surface area contributed by atoms with E-state index in [2.05, 4.69) is 10.1 Å². The number of oxime groups is 1. The molecule has 3 nitrogen and oxygen atoms in total. The van der Waals surface area contributed by atoms with Gasteiger partial charge in [-0.05, 0) is 25.3 Å². The summed E-state index contributed by atoms with van der Waals surface area (Å²) in [7, 11) is 0. The van der Waals surface area contributed by atoms with Gasteiger partial charge in [-0.15, -0.1) is 0 Å². The van der Waals surface area contributed by atoms with Crippen molar-refractivity contribution in [1.82, 2.24) is 4.98 Å². The Balaban J connectivity index is 2.54. The van der Waals surface area contributed by atoms with Gasteiger partial charge in [0.05, 0.1) is 10.7 Å². The van der Waals surface area contributed by atoms with Crippen LogP contribution in [0.5, 0.6) is 0 Å². The molecule has 0 unspecified atom stereocenters. The van der Waals surface area contributed by atoms with E-state index in [1.165, 1.54) is 0 Å². The normalized spacial score (nSPS) is 18.7. The molecule has 4 heteroatoms. The number of hydrogen-bond donors (Lipinski definition) is 1. The van der Waals surface area contributed by atoms with Gasteiger partial charge in [-0.3, -0.25) is 4.98 Å². The zero-order valence-corrected chi connectivity index (χ0v) is 7.75. The van der Waals surface area contributed by atoms with Gasteiger partial charge in [0.15, 0.2) is 0 Å². The lowest BCUT2D eigenvalue weighted by molar-refractivity contribution is 0.317. The van der Waals surface area contributed by atoms with Crippen LogP contribution in [0.3, 0.4) is 0 Å². The number of halogens is 1. The van der Waals surface area contributed by atoms with Gasteiger partial charge in [0.25, 0.3) is 0 Å². The number of hydrogen-bond acceptors (Lipinski definition) is 3. The summed E-state index contributed by atoms with van der Waals surface area (Å²) >= 11 is 5.80. The van der Waals surface area contributed by atoms with Crippen molar-refractivity contribution >= 4 is 17.3 Å². The molecule has 1 aromatic rings. The molecule has 68 valence electrons. The summed E-state index contributed by atoms with van der Waals surface area (Å²) in [5.41, 5.74) is 2.56. The molecule has 1 aliphatic carbocycles. The fourth-order valence-electron chi connectivity index (χ4n) is 1.58. The van der Waals surface area contributed by atoms with E-state index in [-0.39, 0.29) is 0 Å². The summed E-state index contributed by atoms with van der Waals surface area (Å²) < 4.78 is 0. The van der Waals surface area contributed by atoms with E-state index < -0.39 is 0 Å². The highest BCUT2D eigenvalue weighted by atomic mass is 35.5. The van der Waals surface area contributed by atoms with Gasteiger partial charge in [-0.25, -0.2) is 0 Å². The molecule has 1 N–H and O–H groups in total. The zero-order valence-electron chi connectivity index (χ0n) is 7.00. The number of pyridine rings is 1. The largest absolute Gasteiger partial charge is 0.411 e. The Kier molecular flexibility index (Phi) is 2.19. The zero-order chi connectivity index (χ0) is 9.26. The van der Waals surface area contributed by atoms with Crippen molar-refractivity contribution in [3.8, 4) is 0 Å². The quantitative estimate of drug-likeness (QED) is 0.511. The third-order valence-electron chi connectivity index (χ3n) is 2.20.